The average molecular weight is 260 g/mol. The summed E-state index contributed by atoms with van der Waals surface area (Å²) in [6.07, 6.45) is 0. The monoisotopic (exact) mass is 260 g/mol. The number of hydrogen-bond donors (Lipinski definition) is 0. The van der Waals surface area contributed by atoms with E-state index in [1.165, 1.54) is 41.5 Å². The lowest BCUT2D eigenvalue weighted by molar-refractivity contribution is 0.462. The molecule has 0 saturated carbocycles. The van der Waals surface area contributed by atoms with Gasteiger partial charge in [-0.3, -0.25) is 16.4 Å². The maximum absolute atomic E-state index is 13.7. The predicted molar refractivity (Wildman–Crippen MR) is 60.2 cm³/mol. The molecule has 0 aromatic rings. The van der Waals surface area contributed by atoms with Crippen molar-refractivity contribution in [1.29, 1.82) is 0 Å². The minimum atomic E-state index is -4.84. The minimum Gasteiger partial charge on any atom is -0.270 e. The summed E-state index contributed by atoms with van der Waals surface area (Å²) in [6, 6.07) is 0. The fraction of sp³-hybridized carbons (Fsp3) is 1.00. The van der Waals surface area contributed by atoms with Crippen LogP contribution in [0.25, 0.3) is 0 Å². The highest BCUT2D eigenvalue weighted by molar-refractivity contribution is 6.87. The standard InChI is InChI=1S/C9H20F4Si2/c1-8(2,3)14(10,11)7-15(12,13)9(4,5)6/h7H2,1-6H3. The second-order valence-electron chi connectivity index (χ2n) is 6.09. The van der Waals surface area contributed by atoms with Gasteiger partial charge in [-0.25, -0.2) is 0 Å². The van der Waals surface area contributed by atoms with E-state index < -0.39 is 33.2 Å². The Labute approximate surface area is 91.8 Å². The van der Waals surface area contributed by atoms with Gasteiger partial charge < -0.3 is 0 Å². The van der Waals surface area contributed by atoms with Gasteiger partial charge in [0.15, 0.2) is 0 Å². The van der Waals surface area contributed by atoms with Crippen molar-refractivity contribution < 1.29 is 16.4 Å². The average Bonchev–Trinajstić information content (AvgIpc) is 1.77. The van der Waals surface area contributed by atoms with E-state index in [0.29, 0.717) is 0 Å². The van der Waals surface area contributed by atoms with Crippen molar-refractivity contribution in [2.75, 3.05) is 0 Å². The Morgan fingerprint density at radius 1 is 0.667 bits per heavy atom. The minimum absolute atomic E-state index is 1.12. The second-order valence-corrected chi connectivity index (χ2v) is 13.3. The third-order valence-electron chi connectivity index (χ3n) is 2.64. The van der Waals surface area contributed by atoms with E-state index in [9.17, 15) is 16.4 Å². The zero-order valence-electron chi connectivity index (χ0n) is 10.2. The van der Waals surface area contributed by atoms with E-state index in [0.717, 1.165) is 0 Å². The van der Waals surface area contributed by atoms with Gasteiger partial charge in [0, 0.05) is 10.1 Å². The van der Waals surface area contributed by atoms with Gasteiger partial charge in [0.2, 0.25) is 0 Å². The van der Waals surface area contributed by atoms with Crippen LogP contribution in [-0.2, 0) is 0 Å². The van der Waals surface area contributed by atoms with Crippen molar-refractivity contribution in [3.8, 4) is 0 Å². The van der Waals surface area contributed by atoms with Gasteiger partial charge in [-0.1, -0.05) is 41.5 Å². The molecule has 0 aromatic heterocycles. The van der Waals surface area contributed by atoms with Crippen LogP contribution in [0.2, 0.25) is 15.7 Å². The molecule has 0 aliphatic carbocycles. The highest BCUT2D eigenvalue weighted by Gasteiger charge is 2.61. The zero-order valence-corrected chi connectivity index (χ0v) is 12.2. The summed E-state index contributed by atoms with van der Waals surface area (Å²) in [4.78, 5) is 0. The van der Waals surface area contributed by atoms with Crippen LogP contribution in [-0.4, -0.2) is 17.5 Å². The van der Waals surface area contributed by atoms with Gasteiger partial charge in [-0.2, -0.15) is 0 Å². The summed E-state index contributed by atoms with van der Waals surface area (Å²) in [7, 11) is -9.68. The van der Waals surface area contributed by atoms with Crippen molar-refractivity contribution in [2.24, 2.45) is 0 Å². The molecule has 15 heavy (non-hydrogen) atoms. The number of hydrogen-bond acceptors (Lipinski definition) is 0. The molecular formula is C9H20F4Si2. The number of rotatable bonds is 2. The first-order valence-electron chi connectivity index (χ1n) is 4.96. The van der Waals surface area contributed by atoms with Gasteiger partial charge in [-0.15, -0.1) is 0 Å². The lowest BCUT2D eigenvalue weighted by atomic mass is 10.2. The fourth-order valence-corrected chi connectivity index (χ4v) is 7.28. The molecule has 92 valence electrons. The normalized spacial score (nSPS) is 15.6. The van der Waals surface area contributed by atoms with Crippen molar-refractivity contribution in [3.63, 3.8) is 0 Å². The SMILES string of the molecule is CC(C)(C)[Si](F)(F)C[Si](F)(F)C(C)(C)C. The topological polar surface area (TPSA) is 0 Å². The molecule has 0 heterocycles. The molecule has 0 rings (SSSR count). The van der Waals surface area contributed by atoms with Crippen molar-refractivity contribution >= 4 is 17.5 Å². The third kappa shape index (κ3) is 3.58. The third-order valence-corrected chi connectivity index (χ3v) is 10.6. The Balaban J connectivity index is 4.89. The molecule has 0 amide bonds. The van der Waals surface area contributed by atoms with E-state index in [2.05, 4.69) is 0 Å². The van der Waals surface area contributed by atoms with Crippen LogP contribution in [0.4, 0.5) is 16.4 Å². The molecule has 0 aliphatic rings. The molecule has 0 unspecified atom stereocenters. The molecular weight excluding hydrogens is 240 g/mol. The Morgan fingerprint density at radius 3 is 1.00 bits per heavy atom. The van der Waals surface area contributed by atoms with Crippen LogP contribution < -0.4 is 0 Å². The maximum Gasteiger partial charge on any atom is 0.432 e. The van der Waals surface area contributed by atoms with E-state index in [-0.39, 0.29) is 0 Å². The lowest BCUT2D eigenvalue weighted by Crippen LogP contribution is -2.47. The molecule has 0 atom stereocenters. The molecule has 0 radical (unpaired) electrons. The zero-order chi connectivity index (χ0) is 12.7. The molecule has 0 aromatic carbocycles. The Morgan fingerprint density at radius 2 is 0.867 bits per heavy atom. The lowest BCUT2D eigenvalue weighted by Gasteiger charge is -2.34. The molecule has 0 nitrogen and oxygen atoms in total. The predicted octanol–water partition coefficient (Wildman–Crippen LogP) is 4.89. The summed E-state index contributed by atoms with van der Waals surface area (Å²) < 4.78 is 54.6. The van der Waals surface area contributed by atoms with Gasteiger partial charge in [-0.05, 0) is 0 Å². The van der Waals surface area contributed by atoms with Gasteiger partial charge >= 0.3 is 17.5 Å². The first kappa shape index (κ1) is 15.2. The molecule has 0 N–H and O–H groups in total. The molecule has 0 bridgehead atoms. The van der Waals surface area contributed by atoms with E-state index in [1.807, 2.05) is 0 Å². The summed E-state index contributed by atoms with van der Waals surface area (Å²) in [5.41, 5.74) is -1.12. The number of halogens is 4. The quantitative estimate of drug-likeness (QED) is 0.377. The summed E-state index contributed by atoms with van der Waals surface area (Å²) in [6.45, 7) is 8.12. The molecule has 0 saturated heterocycles. The van der Waals surface area contributed by atoms with Gasteiger partial charge in [0.1, 0.15) is 0 Å². The first-order chi connectivity index (χ1) is 6.21. The Hall–Kier alpha value is 0.154. The molecule has 0 aliphatic heterocycles. The maximum atomic E-state index is 13.7. The van der Waals surface area contributed by atoms with Crippen LogP contribution >= 0.6 is 0 Å². The van der Waals surface area contributed by atoms with Crippen LogP contribution in [0.3, 0.4) is 0 Å². The van der Waals surface area contributed by atoms with Crippen LogP contribution in [0.5, 0.6) is 0 Å². The van der Waals surface area contributed by atoms with Crippen molar-refractivity contribution in [1.82, 2.24) is 0 Å². The van der Waals surface area contributed by atoms with E-state index >= 15 is 0 Å². The summed E-state index contributed by atoms with van der Waals surface area (Å²) in [5.74, 6) is 0. The largest absolute Gasteiger partial charge is 0.432 e. The molecule has 6 heteroatoms. The van der Waals surface area contributed by atoms with Gasteiger partial charge in [0.25, 0.3) is 0 Å². The highest BCUT2D eigenvalue weighted by atomic mass is 28.5. The van der Waals surface area contributed by atoms with E-state index in [1.54, 1.807) is 0 Å². The summed E-state index contributed by atoms with van der Waals surface area (Å²) >= 11 is 0. The Bertz CT molecular complexity index is 201. The van der Waals surface area contributed by atoms with Gasteiger partial charge in [0.05, 0.1) is 5.67 Å². The first-order valence-corrected chi connectivity index (χ1v) is 8.89. The van der Waals surface area contributed by atoms with Crippen LogP contribution in [0, 0.1) is 0 Å². The van der Waals surface area contributed by atoms with E-state index in [4.69, 9.17) is 0 Å². The van der Waals surface area contributed by atoms with Crippen molar-refractivity contribution in [3.05, 3.63) is 0 Å². The second kappa shape index (κ2) is 3.87. The molecule has 0 spiro atoms. The Kier molecular flexibility index (Phi) is 3.91. The van der Waals surface area contributed by atoms with Crippen molar-refractivity contribution in [2.45, 2.75) is 57.3 Å². The molecule has 0 fully saturated rings. The highest BCUT2D eigenvalue weighted by Crippen LogP contribution is 2.49. The summed E-state index contributed by atoms with van der Waals surface area (Å²) in [5, 5.41) is -2.54. The van der Waals surface area contributed by atoms with Crippen LogP contribution in [0.1, 0.15) is 41.5 Å². The smallest absolute Gasteiger partial charge is 0.270 e. The fourth-order valence-electron chi connectivity index (χ4n) is 0.809. The van der Waals surface area contributed by atoms with Crippen LogP contribution in [0.15, 0.2) is 0 Å².